The molecule has 0 aliphatic carbocycles. The fraction of sp³-hybridized carbons (Fsp3) is 0.520. The Kier molecular flexibility index (Phi) is 8.01. The first-order chi connectivity index (χ1) is 19.1. The summed E-state index contributed by atoms with van der Waals surface area (Å²) in [4.78, 5) is 31.6. The molecular formula is C25H28F3N7O4S. The van der Waals surface area contributed by atoms with Crippen molar-refractivity contribution in [3.8, 4) is 11.4 Å². The van der Waals surface area contributed by atoms with Crippen LogP contribution in [-0.4, -0.2) is 72.9 Å². The number of piperidine rings is 1. The lowest BCUT2D eigenvalue weighted by atomic mass is 9.97. The molecule has 0 amide bonds. The van der Waals surface area contributed by atoms with Gasteiger partial charge in [0.2, 0.25) is 17.7 Å². The van der Waals surface area contributed by atoms with Gasteiger partial charge in [-0.2, -0.15) is 23.1 Å². The Balaban J connectivity index is 1.30. The number of aromatic nitrogens is 5. The number of aryl methyl sites for hydroxylation is 1. The fourth-order valence-corrected chi connectivity index (χ4v) is 5.91. The maximum absolute atomic E-state index is 12.7. The number of anilines is 2. The number of pyridine rings is 1. The van der Waals surface area contributed by atoms with Gasteiger partial charge in [-0.15, -0.1) is 0 Å². The summed E-state index contributed by atoms with van der Waals surface area (Å²) in [5.74, 6) is -0.224. The van der Waals surface area contributed by atoms with Crippen molar-refractivity contribution in [1.29, 1.82) is 0 Å². The first-order valence-corrected chi connectivity index (χ1v) is 14.2. The molecule has 1 fully saturated rings. The zero-order valence-corrected chi connectivity index (χ0v) is 22.7. The van der Waals surface area contributed by atoms with Gasteiger partial charge in [-0.1, -0.05) is 19.0 Å². The second-order valence-corrected chi connectivity index (χ2v) is 11.5. The van der Waals surface area contributed by atoms with Crippen LogP contribution in [-0.2, 0) is 26.8 Å². The van der Waals surface area contributed by atoms with Gasteiger partial charge in [0.05, 0.1) is 22.5 Å². The molecule has 3 aromatic rings. The van der Waals surface area contributed by atoms with Gasteiger partial charge in [-0.3, -0.25) is 9.19 Å². The Morgan fingerprint density at radius 1 is 1.20 bits per heavy atom. The lowest BCUT2D eigenvalue weighted by Crippen LogP contribution is -2.37. The molecule has 3 aromatic heterocycles. The van der Waals surface area contributed by atoms with Crippen LogP contribution in [0.25, 0.3) is 11.4 Å². The molecular weight excluding hydrogens is 551 g/mol. The lowest BCUT2D eigenvalue weighted by Gasteiger charge is -2.31. The van der Waals surface area contributed by atoms with E-state index in [1.165, 1.54) is 0 Å². The van der Waals surface area contributed by atoms with Gasteiger partial charge in [-0.05, 0) is 30.9 Å². The Hall–Kier alpha value is -3.62. The van der Waals surface area contributed by atoms with Gasteiger partial charge in [0.15, 0.2) is 0 Å². The summed E-state index contributed by atoms with van der Waals surface area (Å²) < 4.78 is 60.7. The number of carbonyl (C=O) groups is 1. The number of esters is 1. The van der Waals surface area contributed by atoms with Crippen LogP contribution in [0.2, 0.25) is 0 Å². The van der Waals surface area contributed by atoms with E-state index in [2.05, 4.69) is 35.1 Å². The van der Waals surface area contributed by atoms with Crippen molar-refractivity contribution in [1.82, 2.24) is 25.1 Å². The maximum atomic E-state index is 12.7. The van der Waals surface area contributed by atoms with Crippen molar-refractivity contribution in [2.45, 2.75) is 56.1 Å². The van der Waals surface area contributed by atoms with Gasteiger partial charge in [0, 0.05) is 49.1 Å². The Bertz CT molecular complexity index is 1380. The molecule has 5 heterocycles. The zero-order valence-electron chi connectivity index (χ0n) is 21.8. The molecule has 1 saturated heterocycles. The Morgan fingerprint density at radius 3 is 2.60 bits per heavy atom. The van der Waals surface area contributed by atoms with E-state index in [9.17, 15) is 22.2 Å². The van der Waals surface area contributed by atoms with Crippen molar-refractivity contribution >= 4 is 28.5 Å². The summed E-state index contributed by atoms with van der Waals surface area (Å²) in [5.41, 5.74) is 1.46. The molecule has 0 saturated carbocycles. The van der Waals surface area contributed by atoms with Gasteiger partial charge < -0.3 is 19.5 Å². The Morgan fingerprint density at radius 2 is 1.93 bits per heavy atom. The van der Waals surface area contributed by atoms with Crippen molar-refractivity contribution in [3.63, 3.8) is 0 Å². The van der Waals surface area contributed by atoms with E-state index in [0.29, 0.717) is 59.3 Å². The second-order valence-electron chi connectivity index (χ2n) is 9.99. The van der Waals surface area contributed by atoms with E-state index in [4.69, 9.17) is 4.52 Å². The van der Waals surface area contributed by atoms with Crippen LogP contribution < -0.4 is 10.2 Å². The predicted molar refractivity (Wildman–Crippen MR) is 138 cm³/mol. The molecule has 1 N–H and O–H groups in total. The quantitative estimate of drug-likeness (QED) is 0.393. The standard InChI is InChI=1S/C25H28F3N7O4S/c1-14(2)18(13-38-23(36)25(26,27)28)30-21-19-17(7-12-40(19)37)31-24(33-21)35-10-5-16(6-11-35)22-32-20(34-39-22)15-3-8-29-9-4-15/h3-4,8-9,14,16,18H,5-7,10-13H2,1-2H3,(H,30,31,33)/t18-,40?/m0/s1. The molecule has 2 aliphatic heterocycles. The SMILES string of the molecule is CC(C)[C@H](COC(=O)C(F)(F)F)Nc1nc(N2CCC(c3nc(-c4ccncc4)no3)CC2)nc2c1S(=O)CC2. The summed E-state index contributed by atoms with van der Waals surface area (Å²) in [7, 11) is -1.35. The predicted octanol–water partition coefficient (Wildman–Crippen LogP) is 3.51. The average Bonchev–Trinajstić information content (AvgIpc) is 3.58. The van der Waals surface area contributed by atoms with E-state index < -0.39 is 35.6 Å². The molecule has 2 atom stereocenters. The molecule has 0 bridgehead atoms. The van der Waals surface area contributed by atoms with Crippen molar-refractivity contribution in [2.75, 3.05) is 35.7 Å². The zero-order chi connectivity index (χ0) is 28.4. The third-order valence-corrected chi connectivity index (χ3v) is 8.39. The van der Waals surface area contributed by atoms with E-state index in [1.807, 2.05) is 17.0 Å². The number of ether oxygens (including phenoxy) is 1. The molecule has 214 valence electrons. The summed E-state index contributed by atoms with van der Waals surface area (Å²) in [5, 5.41) is 7.19. The average molecular weight is 580 g/mol. The van der Waals surface area contributed by atoms with Gasteiger partial charge in [-0.25, -0.2) is 9.78 Å². The topological polar surface area (TPSA) is 136 Å². The molecule has 5 rings (SSSR count). The highest BCUT2D eigenvalue weighted by Gasteiger charge is 2.41. The van der Waals surface area contributed by atoms with Crippen LogP contribution in [0.15, 0.2) is 33.9 Å². The summed E-state index contributed by atoms with van der Waals surface area (Å²) >= 11 is 0. The number of carbonyl (C=O) groups excluding carboxylic acids is 1. The number of nitrogens with zero attached hydrogens (tertiary/aromatic N) is 6. The van der Waals surface area contributed by atoms with Crippen molar-refractivity contribution < 1.29 is 31.4 Å². The van der Waals surface area contributed by atoms with Crippen molar-refractivity contribution in [2.24, 2.45) is 5.92 Å². The largest absolute Gasteiger partial charge is 0.490 e. The molecule has 1 unspecified atom stereocenters. The van der Waals surface area contributed by atoms with Crippen LogP contribution in [0.1, 0.15) is 44.2 Å². The molecule has 0 spiro atoms. The van der Waals surface area contributed by atoms with Gasteiger partial charge >= 0.3 is 12.1 Å². The molecule has 15 heteroatoms. The minimum absolute atomic E-state index is 0.0625. The molecule has 0 aromatic carbocycles. The molecule has 40 heavy (non-hydrogen) atoms. The third-order valence-electron chi connectivity index (χ3n) is 6.94. The van der Waals surface area contributed by atoms with E-state index >= 15 is 0 Å². The summed E-state index contributed by atoms with van der Waals surface area (Å²) in [6, 6.07) is 2.94. The number of rotatable bonds is 8. The maximum Gasteiger partial charge on any atom is 0.490 e. The smallest absolute Gasteiger partial charge is 0.457 e. The number of halogens is 3. The van der Waals surface area contributed by atoms with E-state index in [-0.39, 0.29) is 11.8 Å². The number of hydrogen-bond donors (Lipinski definition) is 1. The number of fused-ring (bicyclic) bond motifs is 1. The molecule has 11 nitrogen and oxygen atoms in total. The number of hydrogen-bond acceptors (Lipinski definition) is 11. The van der Waals surface area contributed by atoms with Crippen LogP contribution in [0.5, 0.6) is 0 Å². The number of alkyl halides is 3. The fourth-order valence-electron chi connectivity index (χ4n) is 4.59. The van der Waals surface area contributed by atoms with Crippen molar-refractivity contribution in [3.05, 3.63) is 36.1 Å². The first-order valence-electron chi connectivity index (χ1n) is 12.9. The first kappa shape index (κ1) is 27.9. The van der Waals surface area contributed by atoms with Gasteiger partial charge in [0.1, 0.15) is 17.3 Å². The van der Waals surface area contributed by atoms with Gasteiger partial charge in [0.25, 0.3) is 0 Å². The van der Waals surface area contributed by atoms with Crippen LogP contribution in [0, 0.1) is 5.92 Å². The highest BCUT2D eigenvalue weighted by atomic mass is 32.2. The van der Waals surface area contributed by atoms with Crippen LogP contribution >= 0.6 is 0 Å². The summed E-state index contributed by atoms with van der Waals surface area (Å²) in [6.45, 7) is 4.25. The van der Waals surface area contributed by atoms with E-state index in [1.54, 1.807) is 26.2 Å². The van der Waals surface area contributed by atoms with Crippen LogP contribution in [0.4, 0.5) is 24.9 Å². The molecule has 0 radical (unpaired) electrons. The highest BCUT2D eigenvalue weighted by molar-refractivity contribution is 7.85. The monoisotopic (exact) mass is 579 g/mol. The lowest BCUT2D eigenvalue weighted by molar-refractivity contribution is -0.200. The minimum atomic E-state index is -5.08. The number of nitrogens with one attached hydrogen (secondary N) is 1. The van der Waals surface area contributed by atoms with E-state index in [0.717, 1.165) is 18.4 Å². The third kappa shape index (κ3) is 6.08. The Labute approximate surface area is 230 Å². The minimum Gasteiger partial charge on any atom is -0.457 e. The second kappa shape index (κ2) is 11.5. The normalized spacial score (nSPS) is 18.6. The summed E-state index contributed by atoms with van der Waals surface area (Å²) in [6.07, 6.45) is 0.178. The molecule has 2 aliphatic rings. The highest BCUT2D eigenvalue weighted by Crippen LogP contribution is 2.34. The van der Waals surface area contributed by atoms with Crippen LogP contribution in [0.3, 0.4) is 0 Å².